The zero-order valence-electron chi connectivity index (χ0n) is 19.8. The van der Waals surface area contributed by atoms with Gasteiger partial charge in [0.2, 0.25) is 0 Å². The Kier molecular flexibility index (Phi) is 5.89. The van der Waals surface area contributed by atoms with Gasteiger partial charge in [0.05, 0.1) is 26.5 Å². The summed E-state index contributed by atoms with van der Waals surface area (Å²) >= 11 is 0. The fourth-order valence-electron chi connectivity index (χ4n) is 5.47. The number of rotatable bonds is 4. The molecule has 2 fully saturated rings. The first-order chi connectivity index (χ1) is 16.5. The number of piperidine rings is 1. The summed E-state index contributed by atoms with van der Waals surface area (Å²) in [5.41, 5.74) is 4.71. The minimum absolute atomic E-state index is 0.254. The highest BCUT2D eigenvalue weighted by molar-refractivity contribution is 6.14. The number of nitrogens with zero attached hydrogens (tertiary/aromatic N) is 3. The van der Waals surface area contributed by atoms with Gasteiger partial charge in [-0.15, -0.1) is 0 Å². The lowest BCUT2D eigenvalue weighted by Crippen LogP contribution is -2.43. The maximum Gasteiger partial charge on any atom is 0.337 e. The zero-order chi connectivity index (χ0) is 23.8. The van der Waals surface area contributed by atoms with Crippen LogP contribution in [0.1, 0.15) is 42.4 Å². The molecule has 3 heterocycles. The molecule has 0 aliphatic carbocycles. The smallest absolute Gasteiger partial charge is 0.337 e. The van der Waals surface area contributed by atoms with Gasteiger partial charge in [-0.2, -0.15) is 5.10 Å². The van der Waals surface area contributed by atoms with Crippen molar-refractivity contribution >= 4 is 23.2 Å². The van der Waals surface area contributed by atoms with Crippen molar-refractivity contribution in [3.8, 4) is 11.5 Å². The molecule has 8 heteroatoms. The minimum Gasteiger partial charge on any atom is -0.493 e. The predicted molar refractivity (Wildman–Crippen MR) is 130 cm³/mol. The molecule has 2 amide bonds. The molecule has 8 nitrogen and oxygen atoms in total. The molecule has 0 saturated carbocycles. The van der Waals surface area contributed by atoms with E-state index < -0.39 is 0 Å². The summed E-state index contributed by atoms with van der Waals surface area (Å²) in [6, 6.07) is 12.6. The SMILES string of the molecule is CNC(=O)N1CCc2cc(OC)c(OC)cc2C(c2ccc(N3C4CCC3CC(=O)C4)cc2)=N1. The van der Waals surface area contributed by atoms with Crippen LogP contribution in [0.15, 0.2) is 41.5 Å². The Morgan fingerprint density at radius 3 is 2.29 bits per heavy atom. The second kappa shape index (κ2) is 9.00. The average molecular weight is 463 g/mol. The van der Waals surface area contributed by atoms with Crippen molar-refractivity contribution in [1.82, 2.24) is 10.3 Å². The first kappa shape index (κ1) is 22.3. The van der Waals surface area contributed by atoms with Crippen LogP contribution in [0.4, 0.5) is 10.5 Å². The van der Waals surface area contributed by atoms with Gasteiger partial charge in [-0.3, -0.25) is 4.79 Å². The van der Waals surface area contributed by atoms with Gasteiger partial charge in [-0.25, -0.2) is 9.80 Å². The Morgan fingerprint density at radius 1 is 1.03 bits per heavy atom. The van der Waals surface area contributed by atoms with Gasteiger partial charge in [0.1, 0.15) is 5.78 Å². The number of ether oxygens (including phenoxy) is 2. The molecular formula is C26H30N4O4. The molecule has 0 radical (unpaired) electrons. The van der Waals surface area contributed by atoms with Crippen LogP contribution >= 0.6 is 0 Å². The first-order valence-corrected chi connectivity index (χ1v) is 11.8. The van der Waals surface area contributed by atoms with E-state index >= 15 is 0 Å². The lowest BCUT2D eigenvalue weighted by atomic mass is 9.94. The number of carbonyl (C=O) groups excluding carboxylic acids is 2. The monoisotopic (exact) mass is 462 g/mol. The van der Waals surface area contributed by atoms with Crippen molar-refractivity contribution in [1.29, 1.82) is 0 Å². The molecule has 0 spiro atoms. The second-order valence-electron chi connectivity index (χ2n) is 9.03. The molecule has 1 N–H and O–H groups in total. The van der Waals surface area contributed by atoms with Gasteiger partial charge in [0, 0.05) is 48.8 Å². The standard InChI is InChI=1S/C26H30N4O4/c1-27-26(32)29-11-10-17-12-23(33-2)24(34-3)15-22(17)25(28-29)16-4-6-18(7-5-16)30-19-8-9-20(30)14-21(31)13-19/h4-7,12,15,19-20H,8-11,13-14H2,1-3H3,(H,27,32). The van der Waals surface area contributed by atoms with Crippen LogP contribution in [-0.4, -0.2) is 62.4 Å². The Labute approximate surface area is 199 Å². The average Bonchev–Trinajstić information content (AvgIpc) is 3.02. The number of benzene rings is 2. The number of hydrogen-bond donors (Lipinski definition) is 1. The highest BCUT2D eigenvalue weighted by Gasteiger charge is 2.40. The summed E-state index contributed by atoms with van der Waals surface area (Å²) in [4.78, 5) is 26.9. The van der Waals surface area contributed by atoms with E-state index in [-0.39, 0.29) is 6.03 Å². The van der Waals surface area contributed by atoms with E-state index in [2.05, 4.69) is 34.5 Å². The number of urea groups is 1. The Bertz CT molecular complexity index is 1130. The van der Waals surface area contributed by atoms with Crippen molar-refractivity contribution < 1.29 is 19.1 Å². The number of fused-ring (bicyclic) bond motifs is 3. The number of carbonyl (C=O) groups is 2. The molecule has 2 saturated heterocycles. The highest BCUT2D eigenvalue weighted by Crippen LogP contribution is 2.38. The predicted octanol–water partition coefficient (Wildman–Crippen LogP) is 3.35. The summed E-state index contributed by atoms with van der Waals surface area (Å²) in [6.07, 6.45) is 4.06. The van der Waals surface area contributed by atoms with Crippen LogP contribution in [0.5, 0.6) is 11.5 Å². The van der Waals surface area contributed by atoms with Crippen LogP contribution in [0.3, 0.4) is 0 Å². The van der Waals surface area contributed by atoms with Gasteiger partial charge in [0.25, 0.3) is 0 Å². The summed E-state index contributed by atoms with van der Waals surface area (Å²) in [5.74, 6) is 1.65. The molecule has 34 heavy (non-hydrogen) atoms. The van der Waals surface area contributed by atoms with Gasteiger partial charge in [-0.05, 0) is 49.1 Å². The van der Waals surface area contributed by atoms with Crippen LogP contribution in [-0.2, 0) is 11.2 Å². The third kappa shape index (κ3) is 3.87. The summed E-state index contributed by atoms with van der Waals surface area (Å²) < 4.78 is 11.1. The summed E-state index contributed by atoms with van der Waals surface area (Å²) in [5, 5.41) is 8.91. The summed E-state index contributed by atoms with van der Waals surface area (Å²) in [6.45, 7) is 0.453. The van der Waals surface area contributed by atoms with Gasteiger partial charge >= 0.3 is 6.03 Å². The van der Waals surface area contributed by atoms with E-state index in [1.165, 1.54) is 5.01 Å². The minimum atomic E-state index is -0.254. The Morgan fingerprint density at radius 2 is 1.68 bits per heavy atom. The lowest BCUT2D eigenvalue weighted by molar-refractivity contribution is -0.120. The third-order valence-electron chi connectivity index (χ3n) is 7.11. The van der Waals surface area contributed by atoms with Gasteiger partial charge in [-0.1, -0.05) is 12.1 Å². The molecule has 178 valence electrons. The molecule has 2 bridgehead atoms. The number of methoxy groups -OCH3 is 2. The van der Waals surface area contributed by atoms with Crippen molar-refractivity contribution in [2.24, 2.45) is 5.10 Å². The zero-order valence-corrected chi connectivity index (χ0v) is 19.8. The third-order valence-corrected chi connectivity index (χ3v) is 7.11. The number of nitrogens with one attached hydrogen (secondary N) is 1. The van der Waals surface area contributed by atoms with Crippen LogP contribution < -0.4 is 19.7 Å². The molecule has 5 rings (SSSR count). The molecular weight excluding hydrogens is 432 g/mol. The fraction of sp³-hybridized carbons (Fsp3) is 0.423. The number of Topliss-reactive ketones (excluding diaryl/α,β-unsaturated/α-hetero) is 1. The first-order valence-electron chi connectivity index (χ1n) is 11.8. The van der Waals surface area contributed by atoms with E-state index in [9.17, 15) is 9.59 Å². The second-order valence-corrected chi connectivity index (χ2v) is 9.03. The van der Waals surface area contributed by atoms with E-state index in [1.807, 2.05) is 12.1 Å². The quantitative estimate of drug-likeness (QED) is 0.754. The molecule has 3 aliphatic rings. The number of hydrazone groups is 1. The molecule has 2 atom stereocenters. The number of anilines is 1. The van der Waals surface area contributed by atoms with Crippen molar-refractivity contribution in [3.63, 3.8) is 0 Å². The topological polar surface area (TPSA) is 83.5 Å². The molecule has 2 aromatic rings. The fourth-order valence-corrected chi connectivity index (χ4v) is 5.47. The van der Waals surface area contributed by atoms with E-state index in [1.54, 1.807) is 21.3 Å². The lowest BCUT2D eigenvalue weighted by Gasteiger charge is -2.36. The van der Waals surface area contributed by atoms with Crippen LogP contribution in [0.25, 0.3) is 0 Å². The van der Waals surface area contributed by atoms with Crippen molar-refractivity contribution in [2.75, 3.05) is 32.7 Å². The molecule has 0 aromatic heterocycles. The Balaban J connectivity index is 1.54. The van der Waals surface area contributed by atoms with Gasteiger partial charge < -0.3 is 19.7 Å². The van der Waals surface area contributed by atoms with E-state index in [0.29, 0.717) is 60.9 Å². The molecule has 2 aromatic carbocycles. The number of ketones is 1. The van der Waals surface area contributed by atoms with E-state index in [0.717, 1.165) is 35.2 Å². The number of hydrogen-bond acceptors (Lipinski definition) is 6. The van der Waals surface area contributed by atoms with Crippen molar-refractivity contribution in [3.05, 3.63) is 53.1 Å². The molecule has 2 unspecified atom stereocenters. The van der Waals surface area contributed by atoms with Crippen molar-refractivity contribution in [2.45, 2.75) is 44.2 Å². The number of amides is 2. The largest absolute Gasteiger partial charge is 0.493 e. The normalized spacial score (nSPS) is 21.5. The molecule has 3 aliphatic heterocycles. The van der Waals surface area contributed by atoms with Crippen LogP contribution in [0.2, 0.25) is 0 Å². The van der Waals surface area contributed by atoms with E-state index in [4.69, 9.17) is 14.6 Å². The Hall–Kier alpha value is -3.55. The highest BCUT2D eigenvalue weighted by atomic mass is 16.5. The maximum absolute atomic E-state index is 12.5. The summed E-state index contributed by atoms with van der Waals surface area (Å²) in [7, 11) is 4.84. The van der Waals surface area contributed by atoms with Gasteiger partial charge in [0.15, 0.2) is 11.5 Å². The maximum atomic E-state index is 12.5. The van der Waals surface area contributed by atoms with Crippen LogP contribution in [0, 0.1) is 0 Å².